The van der Waals surface area contributed by atoms with Crippen molar-refractivity contribution in [1.82, 2.24) is 9.55 Å². The molecule has 0 N–H and O–H groups in total. The molecule has 0 saturated carbocycles. The van der Waals surface area contributed by atoms with Crippen LogP contribution < -0.4 is 0 Å². The number of Topliss-reactive ketones (excluding diaryl/α,β-unsaturated/α-hetero) is 1. The van der Waals surface area contributed by atoms with Crippen LogP contribution in [0.4, 0.5) is 0 Å². The van der Waals surface area contributed by atoms with Gasteiger partial charge in [0.2, 0.25) is 0 Å². The number of hydrogen-bond acceptors (Lipinski definition) is 2. The average Bonchev–Trinajstić information content (AvgIpc) is 2.71. The fraction of sp³-hybridized carbons (Fsp3) is 0.333. The summed E-state index contributed by atoms with van der Waals surface area (Å²) in [5.41, 5.74) is 1.76. The molecule has 0 aliphatic carbocycles. The normalized spacial score (nSPS) is 12.4. The zero-order chi connectivity index (χ0) is 13.1. The monoisotopic (exact) mass is 242 g/mol. The fourth-order valence-electron chi connectivity index (χ4n) is 1.98. The van der Waals surface area contributed by atoms with Crippen molar-refractivity contribution in [3.8, 4) is 0 Å². The van der Waals surface area contributed by atoms with Crippen molar-refractivity contribution in [2.45, 2.75) is 26.2 Å². The van der Waals surface area contributed by atoms with Gasteiger partial charge in [-0.05, 0) is 18.4 Å². The minimum absolute atomic E-state index is 0.107. The van der Waals surface area contributed by atoms with Gasteiger partial charge in [0.1, 0.15) is 11.5 Å². The van der Waals surface area contributed by atoms with Crippen molar-refractivity contribution in [3.05, 3.63) is 53.6 Å². The van der Waals surface area contributed by atoms with E-state index in [1.54, 1.807) is 6.20 Å². The van der Waals surface area contributed by atoms with Gasteiger partial charge in [-0.25, -0.2) is 4.98 Å². The van der Waals surface area contributed by atoms with E-state index < -0.39 is 0 Å². The van der Waals surface area contributed by atoms with Gasteiger partial charge in [-0.3, -0.25) is 4.79 Å². The van der Waals surface area contributed by atoms with Crippen molar-refractivity contribution in [1.29, 1.82) is 0 Å². The van der Waals surface area contributed by atoms with Crippen LogP contribution in [0.3, 0.4) is 0 Å². The van der Waals surface area contributed by atoms with Gasteiger partial charge in [-0.15, -0.1) is 0 Å². The van der Waals surface area contributed by atoms with Crippen LogP contribution in [-0.4, -0.2) is 15.3 Å². The van der Waals surface area contributed by atoms with Crippen LogP contribution in [0.1, 0.15) is 41.1 Å². The molecule has 1 aromatic heterocycles. The quantitative estimate of drug-likeness (QED) is 0.772. The number of carbonyl (C=O) groups excluding carboxylic acids is 1. The molecule has 0 aliphatic heterocycles. The van der Waals surface area contributed by atoms with E-state index in [0.29, 0.717) is 12.1 Å². The van der Waals surface area contributed by atoms with Gasteiger partial charge >= 0.3 is 0 Å². The highest BCUT2D eigenvalue weighted by Crippen LogP contribution is 2.20. The first-order chi connectivity index (χ1) is 8.58. The molecular weight excluding hydrogens is 224 g/mol. The summed E-state index contributed by atoms with van der Waals surface area (Å²) in [6.07, 6.45) is 2.30. The molecule has 0 amide bonds. The zero-order valence-corrected chi connectivity index (χ0v) is 11.1. The molecule has 3 nitrogen and oxygen atoms in total. The van der Waals surface area contributed by atoms with E-state index in [2.05, 4.69) is 24.0 Å². The molecule has 0 spiro atoms. The number of rotatable bonds is 4. The maximum absolute atomic E-state index is 12.1. The molecule has 0 radical (unpaired) electrons. The van der Waals surface area contributed by atoms with Crippen LogP contribution in [0.25, 0.3) is 0 Å². The topological polar surface area (TPSA) is 34.9 Å². The zero-order valence-electron chi connectivity index (χ0n) is 11.1. The van der Waals surface area contributed by atoms with E-state index in [4.69, 9.17) is 0 Å². The third kappa shape index (κ3) is 2.67. The van der Waals surface area contributed by atoms with E-state index >= 15 is 0 Å². The van der Waals surface area contributed by atoms with Gasteiger partial charge in [0.05, 0.1) is 0 Å². The molecule has 2 aromatic rings. The van der Waals surface area contributed by atoms with Crippen molar-refractivity contribution in [2.24, 2.45) is 7.05 Å². The van der Waals surface area contributed by atoms with Crippen LogP contribution in [-0.2, 0) is 7.05 Å². The second-order valence-electron chi connectivity index (χ2n) is 4.72. The molecule has 94 valence electrons. The Hall–Kier alpha value is -1.90. The number of nitrogens with zero attached hydrogens (tertiary/aromatic N) is 2. The number of hydrogen-bond donors (Lipinski definition) is 0. The van der Waals surface area contributed by atoms with Crippen LogP contribution in [0, 0.1) is 6.92 Å². The van der Waals surface area contributed by atoms with Gasteiger partial charge in [0.25, 0.3) is 0 Å². The number of imidazole rings is 1. The Bertz CT molecular complexity index is 523. The van der Waals surface area contributed by atoms with Gasteiger partial charge < -0.3 is 4.57 Å². The lowest BCUT2D eigenvalue weighted by Crippen LogP contribution is -2.05. The summed E-state index contributed by atoms with van der Waals surface area (Å²) in [6, 6.07) is 10.1. The van der Waals surface area contributed by atoms with E-state index in [0.717, 1.165) is 5.82 Å². The molecular formula is C15H18N2O. The maximum atomic E-state index is 12.1. The SMILES string of the molecule is Cc1nc(C(=O)CC(C)c2ccccc2)cn1C. The first-order valence-electron chi connectivity index (χ1n) is 6.16. The summed E-state index contributed by atoms with van der Waals surface area (Å²) < 4.78 is 1.88. The molecule has 3 heteroatoms. The second kappa shape index (κ2) is 5.17. The minimum Gasteiger partial charge on any atom is -0.337 e. The Labute approximate surface area is 107 Å². The summed E-state index contributed by atoms with van der Waals surface area (Å²) in [5, 5.41) is 0. The lowest BCUT2D eigenvalue weighted by Gasteiger charge is -2.09. The van der Waals surface area contributed by atoms with E-state index in [-0.39, 0.29) is 11.7 Å². The summed E-state index contributed by atoms with van der Waals surface area (Å²) in [7, 11) is 1.90. The molecule has 0 bridgehead atoms. The lowest BCUT2D eigenvalue weighted by molar-refractivity contribution is 0.0971. The molecule has 1 aromatic carbocycles. The van der Waals surface area contributed by atoms with E-state index in [1.165, 1.54) is 5.56 Å². The van der Waals surface area contributed by atoms with Crippen molar-refractivity contribution >= 4 is 5.78 Å². The molecule has 0 aliphatic rings. The van der Waals surface area contributed by atoms with Crippen molar-refractivity contribution in [2.75, 3.05) is 0 Å². The largest absolute Gasteiger partial charge is 0.337 e. The fourth-order valence-corrected chi connectivity index (χ4v) is 1.98. The smallest absolute Gasteiger partial charge is 0.183 e. The third-order valence-electron chi connectivity index (χ3n) is 3.25. The number of aromatic nitrogens is 2. The Kier molecular flexibility index (Phi) is 3.60. The Morgan fingerprint density at radius 2 is 2.00 bits per heavy atom. The molecule has 1 unspecified atom stereocenters. The van der Waals surface area contributed by atoms with Crippen LogP contribution >= 0.6 is 0 Å². The summed E-state index contributed by atoms with van der Waals surface area (Å²) in [5.74, 6) is 1.20. The van der Waals surface area contributed by atoms with E-state index in [1.807, 2.05) is 36.7 Å². The van der Waals surface area contributed by atoms with Crippen LogP contribution in [0.5, 0.6) is 0 Å². The first kappa shape index (κ1) is 12.6. The van der Waals surface area contributed by atoms with Gasteiger partial charge in [-0.1, -0.05) is 37.3 Å². The molecule has 0 saturated heterocycles. The summed E-state index contributed by atoms with van der Waals surface area (Å²) in [4.78, 5) is 16.4. The second-order valence-corrected chi connectivity index (χ2v) is 4.72. The maximum Gasteiger partial charge on any atom is 0.183 e. The highest BCUT2D eigenvalue weighted by atomic mass is 16.1. The van der Waals surface area contributed by atoms with E-state index in [9.17, 15) is 4.79 Å². The average molecular weight is 242 g/mol. The van der Waals surface area contributed by atoms with Gasteiger partial charge in [0.15, 0.2) is 5.78 Å². The number of carbonyl (C=O) groups is 1. The summed E-state index contributed by atoms with van der Waals surface area (Å²) >= 11 is 0. The molecule has 1 heterocycles. The van der Waals surface area contributed by atoms with Gasteiger partial charge in [-0.2, -0.15) is 0 Å². The Morgan fingerprint density at radius 1 is 1.33 bits per heavy atom. The predicted octanol–water partition coefficient (Wildman–Crippen LogP) is 3.11. The number of benzene rings is 1. The Morgan fingerprint density at radius 3 is 2.56 bits per heavy atom. The van der Waals surface area contributed by atoms with Crippen molar-refractivity contribution < 1.29 is 4.79 Å². The molecule has 0 fully saturated rings. The number of aryl methyl sites for hydroxylation is 2. The molecule has 18 heavy (non-hydrogen) atoms. The Balaban J connectivity index is 2.08. The molecule has 2 rings (SSSR count). The van der Waals surface area contributed by atoms with Crippen molar-refractivity contribution in [3.63, 3.8) is 0 Å². The molecule has 1 atom stereocenters. The number of ketones is 1. The van der Waals surface area contributed by atoms with Crippen LogP contribution in [0.15, 0.2) is 36.5 Å². The highest BCUT2D eigenvalue weighted by Gasteiger charge is 2.15. The lowest BCUT2D eigenvalue weighted by atomic mass is 9.95. The van der Waals surface area contributed by atoms with Crippen LogP contribution in [0.2, 0.25) is 0 Å². The first-order valence-corrected chi connectivity index (χ1v) is 6.16. The standard InChI is InChI=1S/C15H18N2O/c1-11(13-7-5-4-6-8-13)9-15(18)14-10-17(3)12(2)16-14/h4-8,10-11H,9H2,1-3H3. The highest BCUT2D eigenvalue weighted by molar-refractivity contribution is 5.94. The summed E-state index contributed by atoms with van der Waals surface area (Å²) in [6.45, 7) is 3.97. The van der Waals surface area contributed by atoms with Gasteiger partial charge in [0, 0.05) is 19.7 Å². The third-order valence-corrected chi connectivity index (χ3v) is 3.25. The minimum atomic E-state index is 0.107. The predicted molar refractivity (Wildman–Crippen MR) is 71.7 cm³/mol.